The van der Waals surface area contributed by atoms with Gasteiger partial charge in [-0.05, 0) is 59.9 Å². The van der Waals surface area contributed by atoms with Crippen molar-refractivity contribution < 1.29 is 14.4 Å². The molecule has 0 saturated heterocycles. The fraction of sp³-hybridized carbons (Fsp3) is 0. The van der Waals surface area contributed by atoms with Crippen molar-refractivity contribution in [3.8, 4) is 0 Å². The predicted molar refractivity (Wildman–Crippen MR) is 71.2 cm³/mol. The second-order valence-corrected chi connectivity index (χ2v) is 5.29. The lowest BCUT2D eigenvalue weighted by molar-refractivity contribution is 0.105. The molecule has 0 aliphatic rings. The Morgan fingerprint density at radius 2 is 1.25 bits per heavy atom. The van der Waals surface area contributed by atoms with E-state index in [2.05, 4.69) is 47.8 Å². The zero-order chi connectivity index (χ0) is 12.5. The molecule has 0 unspecified atom stereocenters. The summed E-state index contributed by atoms with van der Waals surface area (Å²) < 4.78 is -1.60. The Balaban J connectivity index is 3.67. The van der Waals surface area contributed by atoms with Crippen LogP contribution in [0.25, 0.3) is 0 Å². The number of hydrogen-bond donors (Lipinski definition) is 0. The number of rotatable bonds is 3. The molecule has 16 heavy (non-hydrogen) atoms. The van der Waals surface area contributed by atoms with E-state index in [1.165, 1.54) is 12.1 Å². The molecule has 0 aliphatic heterocycles. The van der Waals surface area contributed by atoms with Crippen molar-refractivity contribution in [1.82, 2.24) is 0 Å². The summed E-state index contributed by atoms with van der Waals surface area (Å²) in [7, 11) is 0. The first-order valence-corrected chi connectivity index (χ1v) is 6.53. The molecule has 1 aromatic carbocycles. The first-order chi connectivity index (χ1) is 7.34. The van der Waals surface area contributed by atoms with Gasteiger partial charge in [0.25, 0.3) is 0 Å². The van der Waals surface area contributed by atoms with Crippen LogP contribution in [0.1, 0.15) is 31.1 Å². The van der Waals surface area contributed by atoms with Crippen molar-refractivity contribution in [2.24, 2.45) is 0 Å². The second kappa shape index (κ2) is 5.53. The maximum atomic E-state index is 11.3. The lowest BCUT2D eigenvalue weighted by Crippen LogP contribution is -2.07. The average molecular weight is 433 g/mol. The van der Waals surface area contributed by atoms with Crippen molar-refractivity contribution in [2.75, 3.05) is 0 Å². The van der Waals surface area contributed by atoms with Crippen LogP contribution in [0.15, 0.2) is 12.1 Å². The van der Waals surface area contributed by atoms with Crippen LogP contribution in [0.3, 0.4) is 0 Å². The number of carbonyl (C=O) groups excluding carboxylic acids is 3. The molecule has 0 bridgehead atoms. The highest BCUT2D eigenvalue weighted by Crippen LogP contribution is 2.26. The van der Waals surface area contributed by atoms with Crippen molar-refractivity contribution in [3.63, 3.8) is 0 Å². The summed E-state index contributed by atoms with van der Waals surface area (Å²) in [5.41, 5.74) is 0.0579. The normalized spacial score (nSPS) is 10.0. The fourth-order valence-corrected chi connectivity index (χ4v) is 2.40. The molecule has 1 aromatic rings. The Bertz CT molecular complexity index is 464. The Morgan fingerprint density at radius 1 is 0.875 bits per heavy atom. The van der Waals surface area contributed by atoms with Gasteiger partial charge in [-0.2, -0.15) is 0 Å². The number of carbonyl (C=O) groups is 3. The van der Waals surface area contributed by atoms with E-state index in [1.807, 2.05) is 0 Å². The van der Waals surface area contributed by atoms with E-state index >= 15 is 0 Å². The van der Waals surface area contributed by atoms with Gasteiger partial charge in [-0.1, -0.05) is 11.6 Å². The van der Waals surface area contributed by atoms with Crippen LogP contribution in [0.4, 0.5) is 0 Å². The molecule has 3 nitrogen and oxygen atoms in total. The molecule has 0 atom stereocenters. The molecule has 0 aromatic heterocycles. The standard InChI is InChI=1S/C9H2Br3ClO3/c10-7(14)4-1-3(13)2-5(8(11)15)6(4)9(12)16/h1-2H. The molecule has 0 aliphatic carbocycles. The van der Waals surface area contributed by atoms with Crippen LogP contribution >= 0.6 is 59.4 Å². The van der Waals surface area contributed by atoms with E-state index < -0.39 is 14.1 Å². The molecule has 0 N–H and O–H groups in total. The summed E-state index contributed by atoms with van der Waals surface area (Å²) in [6.45, 7) is 0. The number of hydrogen-bond acceptors (Lipinski definition) is 3. The SMILES string of the molecule is O=C(Br)c1cc(Cl)cc(C(=O)Br)c1C(=O)Br. The minimum atomic E-state index is -0.560. The van der Waals surface area contributed by atoms with Crippen molar-refractivity contribution >= 4 is 73.5 Å². The van der Waals surface area contributed by atoms with Crippen LogP contribution in [-0.2, 0) is 0 Å². The zero-order valence-corrected chi connectivity index (χ0v) is 12.9. The maximum absolute atomic E-state index is 11.3. The van der Waals surface area contributed by atoms with Gasteiger partial charge in [0.05, 0.1) is 5.56 Å². The van der Waals surface area contributed by atoms with Crippen LogP contribution in [0.5, 0.6) is 0 Å². The topological polar surface area (TPSA) is 51.2 Å². The summed E-state index contributed by atoms with van der Waals surface area (Å²) in [5.74, 6) is 0. The van der Waals surface area contributed by atoms with Gasteiger partial charge >= 0.3 is 0 Å². The molecule has 1 rings (SSSR count). The van der Waals surface area contributed by atoms with Crippen molar-refractivity contribution in [1.29, 1.82) is 0 Å². The van der Waals surface area contributed by atoms with E-state index in [0.29, 0.717) is 0 Å². The molecule has 0 saturated carbocycles. The van der Waals surface area contributed by atoms with Crippen LogP contribution in [-0.4, -0.2) is 14.1 Å². The first-order valence-electron chi connectivity index (χ1n) is 3.77. The van der Waals surface area contributed by atoms with Crippen LogP contribution < -0.4 is 0 Å². The van der Waals surface area contributed by atoms with Gasteiger partial charge in [0.15, 0.2) is 0 Å². The number of halogens is 4. The maximum Gasteiger partial charge on any atom is 0.229 e. The molecular formula is C9H2Br3ClO3. The highest BCUT2D eigenvalue weighted by Gasteiger charge is 2.22. The summed E-state index contributed by atoms with van der Waals surface area (Å²) in [6.07, 6.45) is 0. The van der Waals surface area contributed by atoms with Gasteiger partial charge in [-0.25, -0.2) is 0 Å². The highest BCUT2D eigenvalue weighted by molar-refractivity contribution is 9.19. The van der Waals surface area contributed by atoms with Gasteiger partial charge in [-0.3, -0.25) is 14.4 Å². The Hall–Kier alpha value is -0.0400. The van der Waals surface area contributed by atoms with Crippen molar-refractivity contribution in [3.05, 3.63) is 33.8 Å². The van der Waals surface area contributed by atoms with Gasteiger partial charge < -0.3 is 0 Å². The van der Waals surface area contributed by atoms with Gasteiger partial charge in [-0.15, -0.1) is 0 Å². The average Bonchev–Trinajstić information content (AvgIpc) is 2.15. The minimum absolute atomic E-state index is 0.0202. The monoisotopic (exact) mass is 430 g/mol. The first kappa shape index (κ1) is 14.0. The quantitative estimate of drug-likeness (QED) is 0.679. The van der Waals surface area contributed by atoms with E-state index in [4.69, 9.17) is 11.6 Å². The highest BCUT2D eigenvalue weighted by atomic mass is 79.9. The summed E-state index contributed by atoms with van der Waals surface area (Å²) in [4.78, 5) is 33.8. The zero-order valence-electron chi connectivity index (χ0n) is 7.39. The lowest BCUT2D eigenvalue weighted by atomic mass is 10.0. The molecule has 0 radical (unpaired) electrons. The van der Waals surface area contributed by atoms with Crippen LogP contribution in [0.2, 0.25) is 5.02 Å². The van der Waals surface area contributed by atoms with Crippen molar-refractivity contribution in [2.45, 2.75) is 0 Å². The largest absolute Gasteiger partial charge is 0.281 e. The Morgan fingerprint density at radius 3 is 1.50 bits per heavy atom. The molecule has 7 heteroatoms. The molecular weight excluding hydrogens is 431 g/mol. The molecule has 0 spiro atoms. The van der Waals surface area contributed by atoms with E-state index in [-0.39, 0.29) is 21.7 Å². The minimum Gasteiger partial charge on any atom is -0.281 e. The second-order valence-electron chi connectivity index (χ2n) is 2.70. The lowest BCUT2D eigenvalue weighted by Gasteiger charge is -2.07. The third kappa shape index (κ3) is 3.00. The van der Waals surface area contributed by atoms with Crippen LogP contribution in [0, 0.1) is 0 Å². The van der Waals surface area contributed by atoms with Gasteiger partial charge in [0.2, 0.25) is 14.1 Å². The van der Waals surface area contributed by atoms with E-state index in [9.17, 15) is 14.4 Å². The predicted octanol–water partition coefficient (Wildman–Crippen LogP) is 3.95. The summed E-state index contributed by atoms with van der Waals surface area (Å²) in [6, 6.07) is 2.62. The molecule has 0 fully saturated rings. The third-order valence-electron chi connectivity index (χ3n) is 1.72. The molecule has 0 amide bonds. The van der Waals surface area contributed by atoms with Gasteiger partial charge in [0, 0.05) is 16.1 Å². The third-order valence-corrected chi connectivity index (χ3v) is 3.19. The smallest absolute Gasteiger partial charge is 0.229 e. The Kier molecular flexibility index (Phi) is 4.85. The summed E-state index contributed by atoms with van der Waals surface area (Å²) >= 11 is 13.9. The Labute approximate surface area is 121 Å². The van der Waals surface area contributed by atoms with E-state index in [1.54, 1.807) is 0 Å². The summed E-state index contributed by atoms with van der Waals surface area (Å²) in [5, 5.41) is 0.197. The van der Waals surface area contributed by atoms with E-state index in [0.717, 1.165) is 0 Å². The van der Waals surface area contributed by atoms with Gasteiger partial charge in [0.1, 0.15) is 0 Å². The fourth-order valence-electron chi connectivity index (χ4n) is 1.13. The number of benzene rings is 1. The molecule has 0 heterocycles. The molecule has 84 valence electrons.